The van der Waals surface area contributed by atoms with Gasteiger partial charge in [0, 0.05) is 16.8 Å². The van der Waals surface area contributed by atoms with Gasteiger partial charge in [-0.15, -0.1) is 11.3 Å². The first-order valence-electron chi connectivity index (χ1n) is 9.88. The number of benzene rings is 4. The fourth-order valence-electron chi connectivity index (χ4n) is 4.60. The van der Waals surface area contributed by atoms with E-state index in [-0.39, 0.29) is 5.41 Å². The number of thiazole rings is 1. The standard InChI is InChI=1S/C26H20N2S/c1-26(2)22-12-17-6-4-3-5-16(17)11-21(22)20-9-7-18(13-23(20)26)28-19-8-10-25-24(14-19)27-15-29-25/h3-15,28H,1-2H3. The predicted molar refractivity (Wildman–Crippen MR) is 124 cm³/mol. The number of rotatable bonds is 2. The average molecular weight is 393 g/mol. The van der Waals surface area contributed by atoms with Crippen molar-refractivity contribution >= 4 is 43.7 Å². The molecule has 0 saturated heterocycles. The summed E-state index contributed by atoms with van der Waals surface area (Å²) in [6.07, 6.45) is 0. The molecular formula is C26H20N2S. The number of nitrogens with zero attached hydrogens (tertiary/aromatic N) is 1. The Morgan fingerprint density at radius 1 is 0.759 bits per heavy atom. The molecule has 2 nitrogen and oxygen atoms in total. The topological polar surface area (TPSA) is 24.9 Å². The van der Waals surface area contributed by atoms with Crippen molar-refractivity contribution in [2.24, 2.45) is 0 Å². The Bertz CT molecular complexity index is 1410. The number of hydrogen-bond donors (Lipinski definition) is 1. The molecule has 0 atom stereocenters. The minimum Gasteiger partial charge on any atom is -0.355 e. The summed E-state index contributed by atoms with van der Waals surface area (Å²) in [7, 11) is 0. The van der Waals surface area contributed by atoms with Crippen molar-refractivity contribution in [3.8, 4) is 11.1 Å². The average Bonchev–Trinajstić information content (AvgIpc) is 3.28. The summed E-state index contributed by atoms with van der Waals surface area (Å²) in [6.45, 7) is 4.66. The Morgan fingerprint density at radius 3 is 2.34 bits per heavy atom. The molecule has 6 rings (SSSR count). The summed E-state index contributed by atoms with van der Waals surface area (Å²) in [5.41, 5.74) is 10.6. The van der Waals surface area contributed by atoms with Gasteiger partial charge in [0.15, 0.2) is 0 Å². The summed E-state index contributed by atoms with van der Waals surface area (Å²) in [4.78, 5) is 4.43. The van der Waals surface area contributed by atoms with Gasteiger partial charge in [-0.2, -0.15) is 0 Å². The molecule has 1 N–H and O–H groups in total. The van der Waals surface area contributed by atoms with Crippen LogP contribution in [0.3, 0.4) is 0 Å². The van der Waals surface area contributed by atoms with Crippen LogP contribution in [0.5, 0.6) is 0 Å². The molecule has 0 bridgehead atoms. The molecule has 3 heteroatoms. The number of aromatic nitrogens is 1. The van der Waals surface area contributed by atoms with Crippen molar-refractivity contribution in [2.75, 3.05) is 5.32 Å². The maximum Gasteiger partial charge on any atom is 0.0832 e. The molecule has 0 unspecified atom stereocenters. The number of nitrogens with one attached hydrogen (secondary N) is 1. The van der Waals surface area contributed by atoms with Gasteiger partial charge in [0.1, 0.15) is 0 Å². The van der Waals surface area contributed by atoms with E-state index < -0.39 is 0 Å². The molecule has 140 valence electrons. The van der Waals surface area contributed by atoms with Gasteiger partial charge in [0.25, 0.3) is 0 Å². The highest BCUT2D eigenvalue weighted by atomic mass is 32.1. The van der Waals surface area contributed by atoms with Crippen molar-refractivity contribution in [3.63, 3.8) is 0 Å². The van der Waals surface area contributed by atoms with Gasteiger partial charge in [-0.25, -0.2) is 4.98 Å². The van der Waals surface area contributed by atoms with Crippen LogP contribution in [0.25, 0.3) is 32.1 Å². The molecule has 1 aliphatic rings. The SMILES string of the molecule is CC1(C)c2cc(Nc3ccc4scnc4c3)ccc2-c2cc3ccccc3cc21. The molecule has 0 amide bonds. The Hall–Kier alpha value is -3.17. The molecule has 0 saturated carbocycles. The lowest BCUT2D eigenvalue weighted by molar-refractivity contribution is 0.661. The molecule has 0 aliphatic heterocycles. The zero-order valence-electron chi connectivity index (χ0n) is 16.4. The Balaban J connectivity index is 1.45. The number of fused-ring (bicyclic) bond motifs is 5. The summed E-state index contributed by atoms with van der Waals surface area (Å²) < 4.78 is 1.22. The van der Waals surface area contributed by atoms with Crippen LogP contribution in [0, 0.1) is 0 Å². The molecular weight excluding hydrogens is 372 g/mol. The summed E-state index contributed by atoms with van der Waals surface area (Å²) >= 11 is 1.67. The molecule has 0 radical (unpaired) electrons. The maximum absolute atomic E-state index is 4.43. The molecule has 1 aliphatic carbocycles. The van der Waals surface area contributed by atoms with Gasteiger partial charge in [0.2, 0.25) is 0 Å². The molecule has 4 aromatic carbocycles. The molecule has 29 heavy (non-hydrogen) atoms. The van der Waals surface area contributed by atoms with Crippen LogP contribution in [0.15, 0.2) is 78.3 Å². The van der Waals surface area contributed by atoms with Crippen LogP contribution in [-0.2, 0) is 5.41 Å². The Labute approximate surface area is 173 Å². The number of anilines is 2. The van der Waals surface area contributed by atoms with Gasteiger partial charge in [0.05, 0.1) is 15.7 Å². The van der Waals surface area contributed by atoms with E-state index in [9.17, 15) is 0 Å². The normalized spacial score (nSPS) is 14.1. The fourth-order valence-corrected chi connectivity index (χ4v) is 5.26. The lowest BCUT2D eigenvalue weighted by Crippen LogP contribution is -2.15. The lowest BCUT2D eigenvalue weighted by atomic mass is 9.82. The first-order chi connectivity index (χ1) is 14.1. The van der Waals surface area contributed by atoms with Gasteiger partial charge in [-0.05, 0) is 75.5 Å². The summed E-state index contributed by atoms with van der Waals surface area (Å²) in [6, 6.07) is 26.5. The largest absolute Gasteiger partial charge is 0.355 e. The first-order valence-corrected chi connectivity index (χ1v) is 10.8. The third kappa shape index (κ3) is 2.51. The highest BCUT2D eigenvalue weighted by molar-refractivity contribution is 7.16. The van der Waals surface area contributed by atoms with E-state index in [2.05, 4.69) is 96.9 Å². The van der Waals surface area contributed by atoms with Crippen LogP contribution >= 0.6 is 11.3 Å². The van der Waals surface area contributed by atoms with Gasteiger partial charge in [-0.1, -0.05) is 44.2 Å². The van der Waals surface area contributed by atoms with Gasteiger partial charge in [-0.3, -0.25) is 0 Å². The molecule has 0 spiro atoms. The molecule has 0 fully saturated rings. The van der Waals surface area contributed by atoms with Crippen molar-refractivity contribution < 1.29 is 0 Å². The fraction of sp³-hybridized carbons (Fsp3) is 0.115. The van der Waals surface area contributed by atoms with E-state index >= 15 is 0 Å². The third-order valence-electron chi connectivity index (χ3n) is 6.16. The smallest absolute Gasteiger partial charge is 0.0832 e. The Morgan fingerprint density at radius 2 is 1.48 bits per heavy atom. The highest BCUT2D eigenvalue weighted by Crippen LogP contribution is 2.50. The summed E-state index contributed by atoms with van der Waals surface area (Å²) in [5, 5.41) is 6.18. The van der Waals surface area contributed by atoms with Gasteiger partial charge >= 0.3 is 0 Å². The third-order valence-corrected chi connectivity index (χ3v) is 6.97. The number of hydrogen-bond acceptors (Lipinski definition) is 3. The van der Waals surface area contributed by atoms with Crippen molar-refractivity contribution in [3.05, 3.63) is 89.4 Å². The minimum atomic E-state index is -0.0226. The van der Waals surface area contributed by atoms with E-state index in [1.165, 1.54) is 37.7 Å². The van der Waals surface area contributed by atoms with Crippen LogP contribution in [-0.4, -0.2) is 4.98 Å². The monoisotopic (exact) mass is 392 g/mol. The predicted octanol–water partition coefficient (Wildman–Crippen LogP) is 7.50. The van der Waals surface area contributed by atoms with Crippen LogP contribution in [0.1, 0.15) is 25.0 Å². The second-order valence-corrected chi connectivity index (χ2v) is 9.18. The zero-order valence-corrected chi connectivity index (χ0v) is 17.2. The Kier molecular flexibility index (Phi) is 3.42. The van der Waals surface area contributed by atoms with Crippen molar-refractivity contribution in [1.82, 2.24) is 4.98 Å². The summed E-state index contributed by atoms with van der Waals surface area (Å²) in [5.74, 6) is 0. The maximum atomic E-state index is 4.43. The van der Waals surface area contributed by atoms with E-state index in [0.29, 0.717) is 0 Å². The van der Waals surface area contributed by atoms with Crippen LogP contribution < -0.4 is 5.32 Å². The zero-order chi connectivity index (χ0) is 19.6. The van der Waals surface area contributed by atoms with Crippen molar-refractivity contribution in [2.45, 2.75) is 19.3 Å². The van der Waals surface area contributed by atoms with E-state index in [0.717, 1.165) is 16.9 Å². The van der Waals surface area contributed by atoms with E-state index in [1.807, 2.05) is 5.51 Å². The van der Waals surface area contributed by atoms with Crippen LogP contribution in [0.2, 0.25) is 0 Å². The molecule has 5 aromatic rings. The molecule has 1 aromatic heterocycles. The van der Waals surface area contributed by atoms with Crippen LogP contribution in [0.4, 0.5) is 11.4 Å². The highest BCUT2D eigenvalue weighted by Gasteiger charge is 2.35. The lowest BCUT2D eigenvalue weighted by Gasteiger charge is -2.22. The first kappa shape index (κ1) is 16.8. The van der Waals surface area contributed by atoms with E-state index in [1.54, 1.807) is 11.3 Å². The minimum absolute atomic E-state index is 0.0226. The second-order valence-electron chi connectivity index (χ2n) is 8.29. The second kappa shape index (κ2) is 5.91. The quantitative estimate of drug-likeness (QED) is 0.336. The molecule has 1 heterocycles. The van der Waals surface area contributed by atoms with Gasteiger partial charge < -0.3 is 5.32 Å². The van der Waals surface area contributed by atoms with E-state index in [4.69, 9.17) is 0 Å². The van der Waals surface area contributed by atoms with Crippen molar-refractivity contribution in [1.29, 1.82) is 0 Å².